The van der Waals surface area contributed by atoms with Gasteiger partial charge in [0.25, 0.3) is 0 Å². The number of ether oxygens (including phenoxy) is 1. The summed E-state index contributed by atoms with van der Waals surface area (Å²) in [7, 11) is 1.30. The van der Waals surface area contributed by atoms with Gasteiger partial charge in [-0.1, -0.05) is 41.9 Å². The summed E-state index contributed by atoms with van der Waals surface area (Å²) in [4.78, 5) is 23.5. The van der Waals surface area contributed by atoms with Crippen molar-refractivity contribution in [1.29, 1.82) is 0 Å². The monoisotopic (exact) mass is 317 g/mol. The van der Waals surface area contributed by atoms with Gasteiger partial charge in [0.1, 0.15) is 0 Å². The standard InChI is InChI=1S/C17H16ClNO3/c1-22-17(21)13-8-9-14(18)15(11-13)19-16(20)10-7-12-5-3-2-4-6-12/h2-6,8-9,11H,7,10H2,1H3,(H,19,20). The molecule has 22 heavy (non-hydrogen) atoms. The highest BCUT2D eigenvalue weighted by Gasteiger charge is 2.11. The number of anilines is 1. The minimum atomic E-state index is -0.476. The van der Waals surface area contributed by atoms with Gasteiger partial charge in [-0.2, -0.15) is 0 Å². The summed E-state index contributed by atoms with van der Waals surface area (Å²) in [5.74, 6) is -0.635. The molecule has 0 aliphatic rings. The number of hydrogen-bond donors (Lipinski definition) is 1. The molecule has 1 N–H and O–H groups in total. The molecule has 0 radical (unpaired) electrons. The molecule has 0 heterocycles. The second-order valence-corrected chi connectivity index (χ2v) is 5.13. The maximum Gasteiger partial charge on any atom is 0.337 e. The van der Waals surface area contributed by atoms with Crippen LogP contribution in [-0.2, 0) is 16.0 Å². The Labute approximate surface area is 134 Å². The molecule has 0 saturated carbocycles. The number of amides is 1. The van der Waals surface area contributed by atoms with E-state index in [0.717, 1.165) is 5.56 Å². The Balaban J connectivity index is 2.00. The first-order valence-corrected chi connectivity index (χ1v) is 7.19. The zero-order chi connectivity index (χ0) is 15.9. The average Bonchev–Trinajstić information content (AvgIpc) is 2.55. The van der Waals surface area contributed by atoms with Gasteiger partial charge in [0.2, 0.25) is 5.91 Å². The second-order valence-electron chi connectivity index (χ2n) is 4.72. The molecule has 0 spiro atoms. The lowest BCUT2D eigenvalue weighted by molar-refractivity contribution is -0.116. The summed E-state index contributed by atoms with van der Waals surface area (Å²) in [6.45, 7) is 0. The highest BCUT2D eigenvalue weighted by Crippen LogP contribution is 2.23. The molecule has 0 atom stereocenters. The third-order valence-electron chi connectivity index (χ3n) is 3.15. The van der Waals surface area contributed by atoms with Crippen molar-refractivity contribution in [2.75, 3.05) is 12.4 Å². The quantitative estimate of drug-likeness (QED) is 0.855. The van der Waals surface area contributed by atoms with E-state index in [1.807, 2.05) is 30.3 Å². The largest absolute Gasteiger partial charge is 0.465 e. The zero-order valence-electron chi connectivity index (χ0n) is 12.1. The van der Waals surface area contributed by atoms with Crippen LogP contribution >= 0.6 is 11.6 Å². The number of carbonyl (C=O) groups is 2. The minimum Gasteiger partial charge on any atom is -0.465 e. The highest BCUT2D eigenvalue weighted by molar-refractivity contribution is 6.33. The van der Waals surface area contributed by atoms with Gasteiger partial charge in [-0.15, -0.1) is 0 Å². The Morgan fingerprint density at radius 2 is 1.86 bits per heavy atom. The molecule has 2 aromatic rings. The summed E-state index contributed by atoms with van der Waals surface area (Å²) in [5.41, 5.74) is 1.83. The molecule has 0 fully saturated rings. The van der Waals surface area contributed by atoms with Crippen LogP contribution in [0.5, 0.6) is 0 Å². The van der Waals surface area contributed by atoms with Crippen LogP contribution < -0.4 is 5.32 Å². The van der Waals surface area contributed by atoms with Crippen LogP contribution in [0.4, 0.5) is 5.69 Å². The van der Waals surface area contributed by atoms with E-state index in [-0.39, 0.29) is 5.91 Å². The zero-order valence-corrected chi connectivity index (χ0v) is 12.9. The Hall–Kier alpha value is -2.33. The molecule has 0 saturated heterocycles. The lowest BCUT2D eigenvalue weighted by Gasteiger charge is -2.09. The van der Waals surface area contributed by atoms with E-state index in [1.54, 1.807) is 12.1 Å². The van der Waals surface area contributed by atoms with Gasteiger partial charge < -0.3 is 10.1 Å². The van der Waals surface area contributed by atoms with E-state index in [0.29, 0.717) is 29.1 Å². The summed E-state index contributed by atoms with van der Waals surface area (Å²) in [5, 5.41) is 3.10. The Bertz CT molecular complexity index is 671. The predicted octanol–water partition coefficient (Wildman–Crippen LogP) is 3.70. The van der Waals surface area contributed by atoms with Crippen LogP contribution in [0.25, 0.3) is 0 Å². The lowest BCUT2D eigenvalue weighted by Crippen LogP contribution is -2.13. The van der Waals surface area contributed by atoms with Crippen LogP contribution in [0.3, 0.4) is 0 Å². The number of benzene rings is 2. The molecule has 114 valence electrons. The molecule has 2 rings (SSSR count). The van der Waals surface area contributed by atoms with Gasteiger partial charge >= 0.3 is 5.97 Å². The third-order valence-corrected chi connectivity index (χ3v) is 3.47. The average molecular weight is 318 g/mol. The molecule has 0 bridgehead atoms. The number of esters is 1. The van der Waals surface area contributed by atoms with Crippen molar-refractivity contribution in [2.45, 2.75) is 12.8 Å². The Kier molecular flexibility index (Phi) is 5.55. The van der Waals surface area contributed by atoms with Crippen LogP contribution in [0.15, 0.2) is 48.5 Å². The van der Waals surface area contributed by atoms with E-state index in [1.165, 1.54) is 13.2 Å². The SMILES string of the molecule is COC(=O)c1ccc(Cl)c(NC(=O)CCc2ccccc2)c1. The molecule has 2 aromatic carbocycles. The number of nitrogens with one attached hydrogen (secondary N) is 1. The van der Waals surface area contributed by atoms with Gasteiger partial charge in [0.05, 0.1) is 23.4 Å². The van der Waals surface area contributed by atoms with E-state index in [4.69, 9.17) is 11.6 Å². The molecule has 0 aliphatic heterocycles. The number of aryl methyl sites for hydroxylation is 1. The van der Waals surface area contributed by atoms with Crippen LogP contribution in [0, 0.1) is 0 Å². The molecule has 1 amide bonds. The summed E-state index contributed by atoms with van der Waals surface area (Å²) in [6.07, 6.45) is 0.976. The van der Waals surface area contributed by atoms with Gasteiger partial charge in [-0.3, -0.25) is 4.79 Å². The normalized spacial score (nSPS) is 10.1. The highest BCUT2D eigenvalue weighted by atomic mass is 35.5. The van der Waals surface area contributed by atoms with Crippen molar-refractivity contribution in [3.63, 3.8) is 0 Å². The van der Waals surface area contributed by atoms with Crippen molar-refractivity contribution in [3.05, 3.63) is 64.7 Å². The maximum absolute atomic E-state index is 12.0. The fourth-order valence-corrected chi connectivity index (χ4v) is 2.15. The van der Waals surface area contributed by atoms with E-state index in [9.17, 15) is 9.59 Å². The fourth-order valence-electron chi connectivity index (χ4n) is 1.98. The van der Waals surface area contributed by atoms with Crippen LogP contribution in [0.2, 0.25) is 5.02 Å². The molecule has 0 aromatic heterocycles. The molecular weight excluding hydrogens is 302 g/mol. The van der Waals surface area contributed by atoms with E-state index < -0.39 is 5.97 Å². The van der Waals surface area contributed by atoms with Gasteiger partial charge in [0.15, 0.2) is 0 Å². The molecule has 0 unspecified atom stereocenters. The van der Waals surface area contributed by atoms with Crippen molar-refractivity contribution in [3.8, 4) is 0 Å². The Morgan fingerprint density at radius 1 is 1.14 bits per heavy atom. The smallest absolute Gasteiger partial charge is 0.337 e. The van der Waals surface area contributed by atoms with Gasteiger partial charge in [0, 0.05) is 6.42 Å². The van der Waals surface area contributed by atoms with E-state index in [2.05, 4.69) is 10.1 Å². The first-order valence-electron chi connectivity index (χ1n) is 6.82. The molecule has 5 heteroatoms. The topological polar surface area (TPSA) is 55.4 Å². The number of carbonyl (C=O) groups excluding carboxylic acids is 2. The minimum absolute atomic E-state index is 0.159. The number of halogens is 1. The maximum atomic E-state index is 12.0. The van der Waals surface area contributed by atoms with Crippen LogP contribution in [0.1, 0.15) is 22.3 Å². The van der Waals surface area contributed by atoms with E-state index >= 15 is 0 Å². The van der Waals surface area contributed by atoms with Gasteiger partial charge in [-0.05, 0) is 30.2 Å². The Morgan fingerprint density at radius 3 is 2.55 bits per heavy atom. The van der Waals surface area contributed by atoms with Crippen molar-refractivity contribution < 1.29 is 14.3 Å². The van der Waals surface area contributed by atoms with Crippen molar-refractivity contribution >= 4 is 29.2 Å². The third kappa shape index (κ3) is 4.33. The summed E-state index contributed by atoms with van der Waals surface area (Å²) in [6, 6.07) is 14.4. The first kappa shape index (κ1) is 16.0. The number of rotatable bonds is 5. The second kappa shape index (κ2) is 7.61. The van der Waals surface area contributed by atoms with Crippen molar-refractivity contribution in [2.24, 2.45) is 0 Å². The van der Waals surface area contributed by atoms with Crippen molar-refractivity contribution in [1.82, 2.24) is 0 Å². The number of methoxy groups -OCH3 is 1. The molecule has 4 nitrogen and oxygen atoms in total. The van der Waals surface area contributed by atoms with Gasteiger partial charge in [-0.25, -0.2) is 4.79 Å². The fraction of sp³-hybridized carbons (Fsp3) is 0.176. The van der Waals surface area contributed by atoms with Crippen LogP contribution in [-0.4, -0.2) is 19.0 Å². The molecular formula is C17H16ClNO3. The molecule has 0 aliphatic carbocycles. The first-order chi connectivity index (χ1) is 10.6. The summed E-state index contributed by atoms with van der Waals surface area (Å²) >= 11 is 6.04. The number of hydrogen-bond acceptors (Lipinski definition) is 3. The lowest BCUT2D eigenvalue weighted by atomic mass is 10.1. The predicted molar refractivity (Wildman–Crippen MR) is 86.2 cm³/mol. The summed E-state index contributed by atoms with van der Waals surface area (Å²) < 4.78 is 4.65.